The highest BCUT2D eigenvalue weighted by Crippen LogP contribution is 2.38. The monoisotopic (exact) mass is 2030 g/mol. The van der Waals surface area contributed by atoms with E-state index in [-0.39, 0.29) is 78.9 Å². The van der Waals surface area contributed by atoms with Crippen LogP contribution in [0.25, 0.3) is 11.4 Å². The summed E-state index contributed by atoms with van der Waals surface area (Å²) >= 11 is 12.3. The van der Waals surface area contributed by atoms with Gasteiger partial charge in [0.1, 0.15) is 5.50 Å². The molecule has 0 bridgehead atoms. The number of amides is 2. The van der Waals surface area contributed by atoms with E-state index in [1.807, 2.05) is 87.6 Å². The summed E-state index contributed by atoms with van der Waals surface area (Å²) in [5, 5.41) is 75.7. The van der Waals surface area contributed by atoms with Crippen LogP contribution in [-0.4, -0.2) is 144 Å². The predicted octanol–water partition coefficient (Wildman–Crippen LogP) is 18.6. The zero-order valence-electron chi connectivity index (χ0n) is 71.8. The summed E-state index contributed by atoms with van der Waals surface area (Å²) in [5.74, 6) is 8.27. The first-order valence-corrected chi connectivity index (χ1v) is 39.5. The molecule has 26 nitrogen and oxygen atoms in total. The van der Waals surface area contributed by atoms with Gasteiger partial charge in [-0.3, -0.25) is 25.5 Å². The second-order valence-electron chi connectivity index (χ2n) is 23.7. The molecule has 23 N–H and O–H groups in total. The molecule has 716 valence electrons. The number of anilines is 5. The van der Waals surface area contributed by atoms with Gasteiger partial charge in [0.15, 0.2) is 10.9 Å². The number of nitrogens with two attached hydrogens (primary N) is 4. The fourth-order valence-electron chi connectivity index (χ4n) is 9.11. The third-order valence-corrected chi connectivity index (χ3v) is 16.9. The average Bonchev–Trinajstić information content (AvgIpc) is 1.31. The molecule has 1 heterocycles. The third-order valence-electron chi connectivity index (χ3n) is 15.0. The van der Waals surface area contributed by atoms with Crippen molar-refractivity contribution in [2.75, 3.05) is 70.6 Å². The van der Waals surface area contributed by atoms with Crippen molar-refractivity contribution < 1.29 is 126 Å². The molecule has 45 heteroatoms. The lowest BCUT2D eigenvalue weighted by Crippen LogP contribution is -2.29. The van der Waals surface area contributed by atoms with Crippen molar-refractivity contribution >= 4 is 127 Å². The molecule has 0 saturated carbocycles. The number of hydrogen-bond donors (Lipinski definition) is 19. The molecule has 10 aromatic carbocycles. The van der Waals surface area contributed by atoms with E-state index in [0.717, 1.165) is 78.6 Å². The van der Waals surface area contributed by atoms with E-state index in [1.54, 1.807) is 121 Å². The van der Waals surface area contributed by atoms with Crippen molar-refractivity contribution in [3.05, 3.63) is 321 Å². The molecule has 0 aliphatic carbocycles. The Morgan fingerprint density at radius 2 is 0.740 bits per heavy atom. The van der Waals surface area contributed by atoms with Crippen LogP contribution in [0.15, 0.2) is 248 Å². The molecular formula is C86H100F15IN14O12S3. The number of aliphatic hydroxyl groups is 6. The molecule has 0 fully saturated rings. The van der Waals surface area contributed by atoms with E-state index in [4.69, 9.17) is 64.0 Å². The number of thiocarbonyl (C=S) groups is 2. The molecule has 11 rings (SSSR count). The van der Waals surface area contributed by atoms with Crippen LogP contribution in [0.2, 0.25) is 0 Å². The third kappa shape index (κ3) is 51.7. The minimum absolute atomic E-state index is 0.0630. The Labute approximate surface area is 774 Å². The number of thioether (sulfide) groups is 1. The van der Waals surface area contributed by atoms with Gasteiger partial charge in [0.05, 0.1) is 49.8 Å². The van der Waals surface area contributed by atoms with Gasteiger partial charge in [0, 0.05) is 105 Å². The minimum atomic E-state index is -4.39. The largest absolute Gasteiger partial charge is 0.478 e. The highest BCUT2D eigenvalue weighted by atomic mass is 127. The fraction of sp³-hybridized carbons (Fsp3) is 0.209. The Balaban J connectivity index is -0.000000692. The van der Waals surface area contributed by atoms with Gasteiger partial charge in [-0.1, -0.05) is 133 Å². The molecule has 0 saturated heterocycles. The van der Waals surface area contributed by atoms with Gasteiger partial charge in [-0.2, -0.15) is 75.8 Å². The van der Waals surface area contributed by atoms with E-state index < -0.39 is 70.6 Å². The number of hydrazine groups is 2. The molecule has 0 aliphatic rings. The van der Waals surface area contributed by atoms with Crippen molar-refractivity contribution in [1.29, 1.82) is 0 Å². The summed E-state index contributed by atoms with van der Waals surface area (Å²) in [5.41, 5.74) is 15.9. The Morgan fingerprint density at radius 1 is 0.443 bits per heavy atom. The molecule has 1 atom stereocenters. The number of carboxylic acids is 2. The number of isothiocyanates is 1. The zero-order chi connectivity index (χ0) is 101. The topological polar surface area (TPSA) is 460 Å². The lowest BCUT2D eigenvalue weighted by atomic mass is 10.1. The quantitative estimate of drug-likeness (QED) is 0.00487. The SMILES string of the molecule is CO.CO.CO.CO.CO.CO.CSC(NI)Nc1ccc(C)c(C(F)(F)F)c1.Cc1ccc(N)cc1C(F)(F)F.Cc1ccc(N=C=S)cc1C(F)(F)F.Cc1ccc(NC(N)=S)cc1C(F)(F)F.Cc1ccc(Nc2n[nH]c(-c3ccccc3)n2)cc1C(F)(F)F.NNC(=O)c1ccccc1.NNC(=O)c1ccccc1.O=C(O)c1ccccc1.O=C(O)c1ccccc1. The van der Waals surface area contributed by atoms with E-state index >= 15 is 0 Å². The Morgan fingerprint density at radius 3 is 1.05 bits per heavy atom. The number of benzene rings is 10. The van der Waals surface area contributed by atoms with Crippen molar-refractivity contribution in [2.45, 2.75) is 71.0 Å². The number of carboxylic acid groups (broad SMARTS) is 2. The normalized spacial score (nSPS) is 10.1. The second kappa shape index (κ2) is 67.9. The lowest BCUT2D eigenvalue weighted by molar-refractivity contribution is -0.138. The summed E-state index contributed by atoms with van der Waals surface area (Å²) in [6.45, 7) is 7.07. The van der Waals surface area contributed by atoms with Gasteiger partial charge in [-0.25, -0.2) is 24.8 Å². The Hall–Kier alpha value is -12.2. The fourth-order valence-corrected chi connectivity index (χ4v) is 10.6. The Bertz CT molecular complexity index is 5000. The first-order chi connectivity index (χ1) is 61.8. The number of aromatic carboxylic acids is 2. The maximum Gasteiger partial charge on any atom is 0.416 e. The number of hydrogen-bond acceptors (Lipinski definition) is 22. The number of nitrogens with one attached hydrogen (secondary N) is 7. The molecule has 0 aliphatic heterocycles. The Kier molecular flexibility index (Phi) is 64.8. The summed E-state index contributed by atoms with van der Waals surface area (Å²) in [7, 11) is 6.00. The number of aromatic nitrogens is 3. The molecule has 1 aromatic heterocycles. The first kappa shape index (κ1) is 125. The first-order valence-electron chi connectivity index (χ1n) is 36.3. The van der Waals surface area contributed by atoms with E-state index in [1.165, 1.54) is 94.9 Å². The number of halogens is 16. The van der Waals surface area contributed by atoms with E-state index in [0.29, 0.717) is 33.8 Å². The number of aromatic amines is 1. The van der Waals surface area contributed by atoms with Crippen LogP contribution in [0.5, 0.6) is 0 Å². The number of carbonyl (C=O) groups excluding carboxylic acids is 2. The molecule has 1 unspecified atom stereocenters. The van der Waals surface area contributed by atoms with Crippen molar-refractivity contribution in [2.24, 2.45) is 22.4 Å². The number of aliphatic hydroxyl groups excluding tert-OH is 6. The highest BCUT2D eigenvalue weighted by Gasteiger charge is 2.36. The number of alkyl halides is 15. The van der Waals surface area contributed by atoms with E-state index in [9.17, 15) is 85.0 Å². The number of H-pyrrole nitrogens is 1. The second-order valence-corrected chi connectivity index (χ2v) is 25.9. The van der Waals surface area contributed by atoms with Crippen LogP contribution >= 0.6 is 59.1 Å². The van der Waals surface area contributed by atoms with Gasteiger partial charge in [0.2, 0.25) is 5.95 Å². The lowest BCUT2D eigenvalue weighted by Gasteiger charge is -2.18. The van der Waals surface area contributed by atoms with Gasteiger partial charge in [-0.15, -0.1) is 16.9 Å². The minimum Gasteiger partial charge on any atom is -0.478 e. The van der Waals surface area contributed by atoms with Crippen LogP contribution in [0.3, 0.4) is 0 Å². The van der Waals surface area contributed by atoms with Gasteiger partial charge >= 0.3 is 42.8 Å². The maximum atomic E-state index is 12.9. The molecule has 0 spiro atoms. The van der Waals surface area contributed by atoms with Crippen LogP contribution in [0.1, 0.15) is 97.1 Å². The summed E-state index contributed by atoms with van der Waals surface area (Å²) in [4.78, 5) is 49.7. The number of aliphatic imine (C=N–C) groups is 1. The zero-order valence-corrected chi connectivity index (χ0v) is 76.4. The number of aryl methyl sites for hydroxylation is 5. The summed E-state index contributed by atoms with van der Waals surface area (Å²) in [6.07, 6.45) is -19.9. The van der Waals surface area contributed by atoms with Crippen molar-refractivity contribution in [3.63, 3.8) is 0 Å². The summed E-state index contributed by atoms with van der Waals surface area (Å²) < 4.78 is 191. The van der Waals surface area contributed by atoms with E-state index in [2.05, 4.69) is 64.1 Å². The molecular weight excluding hydrogens is 1930 g/mol. The smallest absolute Gasteiger partial charge is 0.416 e. The summed E-state index contributed by atoms with van der Waals surface area (Å²) in [6, 6.07) is 63.1. The van der Waals surface area contributed by atoms with Crippen LogP contribution in [-0.2, 0) is 30.9 Å². The number of carbonyl (C=O) groups is 4. The highest BCUT2D eigenvalue weighted by molar-refractivity contribution is 14.1. The van der Waals surface area contributed by atoms with Crippen LogP contribution in [0, 0.1) is 34.6 Å². The van der Waals surface area contributed by atoms with Crippen molar-refractivity contribution in [3.8, 4) is 11.4 Å². The molecule has 2 amide bonds. The average molecular weight is 2030 g/mol. The standard InChI is InChI=1S/C16H13F3N4.C10H12F3IN2S.C9H9F3N2S.C9H6F3NS.C8H8F3N.2C7H8N2O.2C7H6O2.6CH4O/c1-10-7-8-12(9-13(10)16(17,18)19)20-15-21-14(22-23-15)11-5-3-2-4-6-11;1-6-3-4-7(15-9(16-14)17-2)5-8(6)10(11,12)13;1-5-2-3-6(14-8(13)15)4-7(5)9(10,11)12;1-6-2-3-7(13-5-14)4-8(6)9(10,11)12;1-5-2-3-6(12)4-7(5)8(9,10)11;2*8-9-7(10)6-4-2-1-3-5-6;2*8-7(9)6-4-2-1-3-5-6;6*1-2/h2-9H,1H3,(H2,20,21,22,23);3-5,9,15-16H,1-2H3;2-4H,1H3,(H3,13,14,15);2-4H,1H3;2-4H,12H2,1H3;2*1-5H,8H2,(H,9,10);2*1-5H,(H,8,9);6*2H,1H3. The van der Waals surface area contributed by atoms with Crippen LogP contribution in [0.4, 0.5) is 100 Å². The molecule has 11 aromatic rings. The van der Waals surface area contributed by atoms with Crippen LogP contribution < -0.4 is 53.5 Å². The van der Waals surface area contributed by atoms with Gasteiger partial charge < -0.3 is 68.3 Å². The number of rotatable bonds is 13. The number of nitrogens with zero attached hydrogens (tertiary/aromatic N) is 3. The maximum absolute atomic E-state index is 12.9. The molecule has 0 radical (unpaired) electrons. The van der Waals surface area contributed by atoms with Crippen molar-refractivity contribution in [1.82, 2.24) is 29.6 Å². The molecule has 131 heavy (non-hydrogen) atoms. The van der Waals surface area contributed by atoms with Gasteiger partial charge in [-0.05, 0) is 202 Å². The van der Waals surface area contributed by atoms with Gasteiger partial charge in [0.25, 0.3) is 11.8 Å². The predicted molar refractivity (Wildman–Crippen MR) is 495 cm³/mol. The number of nitrogen functional groups attached to an aromatic ring is 3.